The lowest BCUT2D eigenvalue weighted by atomic mass is 9.98. The Labute approximate surface area is 163 Å². The maximum absolute atomic E-state index is 13.9. The summed E-state index contributed by atoms with van der Waals surface area (Å²) in [6.45, 7) is 0.426. The highest BCUT2D eigenvalue weighted by Crippen LogP contribution is 2.26. The predicted octanol–water partition coefficient (Wildman–Crippen LogP) is 2.98. The van der Waals surface area contributed by atoms with Crippen LogP contribution >= 0.6 is 0 Å². The Balaban J connectivity index is 1.56. The number of halogens is 1. The Morgan fingerprint density at radius 2 is 1.86 bits per heavy atom. The SMILES string of the molecule is COc1cccc(COC(=O)C2CCN(S(=O)(=O)c3ccccc3F)CC2)c1. The number of hydrogen-bond acceptors (Lipinski definition) is 5. The van der Waals surface area contributed by atoms with Crippen molar-refractivity contribution in [3.63, 3.8) is 0 Å². The molecule has 0 aliphatic carbocycles. The van der Waals surface area contributed by atoms with E-state index in [9.17, 15) is 17.6 Å². The highest BCUT2D eigenvalue weighted by Gasteiger charge is 2.34. The van der Waals surface area contributed by atoms with Crippen LogP contribution in [0.3, 0.4) is 0 Å². The molecule has 0 spiro atoms. The van der Waals surface area contributed by atoms with Gasteiger partial charge in [-0.15, -0.1) is 0 Å². The number of piperidine rings is 1. The molecular weight excluding hydrogens is 385 g/mol. The Kier molecular flexibility index (Phi) is 6.31. The molecule has 0 amide bonds. The standard InChI is InChI=1S/C20H22FNO5S/c1-26-17-6-4-5-15(13-17)14-27-20(23)16-9-11-22(12-10-16)28(24,25)19-8-3-2-7-18(19)21/h2-8,13,16H,9-12,14H2,1H3. The van der Waals surface area contributed by atoms with E-state index >= 15 is 0 Å². The van der Waals surface area contributed by atoms with Crippen LogP contribution < -0.4 is 4.74 Å². The molecule has 3 rings (SSSR count). The van der Waals surface area contributed by atoms with Crippen LogP contribution in [0.5, 0.6) is 5.75 Å². The van der Waals surface area contributed by atoms with Gasteiger partial charge in [-0.1, -0.05) is 24.3 Å². The molecular formula is C20H22FNO5S. The normalized spacial score (nSPS) is 15.9. The Hall–Kier alpha value is -2.45. The minimum absolute atomic E-state index is 0.129. The number of carbonyl (C=O) groups is 1. The van der Waals surface area contributed by atoms with Crippen molar-refractivity contribution in [2.24, 2.45) is 5.92 Å². The minimum Gasteiger partial charge on any atom is -0.497 e. The van der Waals surface area contributed by atoms with Gasteiger partial charge >= 0.3 is 5.97 Å². The lowest BCUT2D eigenvalue weighted by Gasteiger charge is -2.30. The number of benzene rings is 2. The molecule has 1 aliphatic rings. The van der Waals surface area contributed by atoms with Crippen LogP contribution in [0.15, 0.2) is 53.4 Å². The second kappa shape index (κ2) is 8.70. The van der Waals surface area contributed by atoms with Crippen LogP contribution in [-0.2, 0) is 26.2 Å². The highest BCUT2D eigenvalue weighted by molar-refractivity contribution is 7.89. The molecule has 0 radical (unpaired) electrons. The second-order valence-electron chi connectivity index (χ2n) is 6.57. The zero-order chi connectivity index (χ0) is 20.1. The van der Waals surface area contributed by atoms with Gasteiger partial charge in [0.05, 0.1) is 13.0 Å². The average molecular weight is 407 g/mol. The lowest BCUT2D eigenvalue weighted by Crippen LogP contribution is -2.40. The van der Waals surface area contributed by atoms with Crippen LogP contribution in [0.25, 0.3) is 0 Å². The first-order valence-corrected chi connectivity index (χ1v) is 10.4. The number of esters is 1. The summed E-state index contributed by atoms with van der Waals surface area (Å²) in [5.41, 5.74) is 0.812. The van der Waals surface area contributed by atoms with Gasteiger partial charge in [0.15, 0.2) is 0 Å². The molecule has 1 heterocycles. The van der Waals surface area contributed by atoms with E-state index in [1.807, 2.05) is 12.1 Å². The van der Waals surface area contributed by atoms with Crippen molar-refractivity contribution in [1.82, 2.24) is 4.31 Å². The van der Waals surface area contributed by atoms with Crippen molar-refractivity contribution in [3.8, 4) is 5.75 Å². The molecule has 0 aromatic heterocycles. The zero-order valence-electron chi connectivity index (χ0n) is 15.5. The van der Waals surface area contributed by atoms with Gasteiger partial charge in [-0.2, -0.15) is 4.31 Å². The Morgan fingerprint density at radius 3 is 2.54 bits per heavy atom. The third-order valence-electron chi connectivity index (χ3n) is 4.76. The van der Waals surface area contributed by atoms with Gasteiger partial charge in [-0.25, -0.2) is 12.8 Å². The smallest absolute Gasteiger partial charge is 0.309 e. The molecule has 28 heavy (non-hydrogen) atoms. The Bertz CT molecular complexity index is 939. The largest absolute Gasteiger partial charge is 0.497 e. The van der Waals surface area contributed by atoms with Gasteiger partial charge in [0.1, 0.15) is 23.1 Å². The van der Waals surface area contributed by atoms with Crippen LogP contribution in [0, 0.1) is 11.7 Å². The molecule has 1 aliphatic heterocycles. The van der Waals surface area contributed by atoms with Crippen molar-refractivity contribution in [1.29, 1.82) is 0 Å². The van der Waals surface area contributed by atoms with E-state index in [-0.39, 0.29) is 36.5 Å². The van der Waals surface area contributed by atoms with Gasteiger partial charge in [0.25, 0.3) is 0 Å². The second-order valence-corrected chi connectivity index (χ2v) is 8.47. The lowest BCUT2D eigenvalue weighted by molar-refractivity contribution is -0.151. The van der Waals surface area contributed by atoms with Crippen molar-refractivity contribution in [2.45, 2.75) is 24.3 Å². The van der Waals surface area contributed by atoms with Gasteiger partial charge < -0.3 is 9.47 Å². The molecule has 0 unspecified atom stereocenters. The van der Waals surface area contributed by atoms with E-state index in [2.05, 4.69) is 0 Å². The number of hydrogen-bond donors (Lipinski definition) is 0. The van der Waals surface area contributed by atoms with Gasteiger partial charge in [-0.3, -0.25) is 4.79 Å². The predicted molar refractivity (Wildman–Crippen MR) is 101 cm³/mol. The molecule has 6 nitrogen and oxygen atoms in total. The fraction of sp³-hybridized carbons (Fsp3) is 0.350. The summed E-state index contributed by atoms with van der Waals surface area (Å²) in [4.78, 5) is 12.0. The third kappa shape index (κ3) is 4.51. The molecule has 0 saturated carbocycles. The van der Waals surface area contributed by atoms with Gasteiger partial charge in [0.2, 0.25) is 10.0 Å². The van der Waals surface area contributed by atoms with Crippen molar-refractivity contribution < 1.29 is 27.1 Å². The molecule has 1 saturated heterocycles. The molecule has 2 aromatic rings. The fourth-order valence-electron chi connectivity index (χ4n) is 3.16. The summed E-state index contributed by atoms with van der Waals surface area (Å²) in [7, 11) is -2.35. The maximum atomic E-state index is 13.9. The molecule has 0 bridgehead atoms. The fourth-order valence-corrected chi connectivity index (χ4v) is 4.69. The van der Waals surface area contributed by atoms with Crippen LogP contribution in [-0.4, -0.2) is 38.9 Å². The average Bonchev–Trinajstić information content (AvgIpc) is 2.72. The van der Waals surface area contributed by atoms with Crippen LogP contribution in [0.2, 0.25) is 0 Å². The van der Waals surface area contributed by atoms with E-state index in [1.54, 1.807) is 19.2 Å². The first-order valence-electron chi connectivity index (χ1n) is 8.96. The topological polar surface area (TPSA) is 72.9 Å². The van der Waals surface area contributed by atoms with Gasteiger partial charge in [0, 0.05) is 13.1 Å². The minimum atomic E-state index is -3.91. The molecule has 0 N–H and O–H groups in total. The number of methoxy groups -OCH3 is 1. The number of rotatable bonds is 6. The van der Waals surface area contributed by atoms with E-state index in [0.717, 1.165) is 11.6 Å². The molecule has 0 atom stereocenters. The maximum Gasteiger partial charge on any atom is 0.309 e. The summed E-state index contributed by atoms with van der Waals surface area (Å²) in [6.07, 6.45) is 0.676. The summed E-state index contributed by atoms with van der Waals surface area (Å²) < 4.78 is 50.8. The summed E-state index contributed by atoms with van der Waals surface area (Å²) in [5.74, 6) is -0.828. The number of ether oxygens (including phenoxy) is 2. The Morgan fingerprint density at radius 1 is 1.14 bits per heavy atom. The number of carbonyl (C=O) groups excluding carboxylic acids is 1. The van der Waals surface area contributed by atoms with Crippen LogP contribution in [0.1, 0.15) is 18.4 Å². The number of sulfonamides is 1. The zero-order valence-corrected chi connectivity index (χ0v) is 16.3. The van der Waals surface area contributed by atoms with Crippen molar-refractivity contribution in [2.75, 3.05) is 20.2 Å². The quantitative estimate of drug-likeness (QED) is 0.689. The molecule has 1 fully saturated rings. The first kappa shape index (κ1) is 20.3. The van der Waals surface area contributed by atoms with Crippen molar-refractivity contribution >= 4 is 16.0 Å². The molecule has 8 heteroatoms. The van der Waals surface area contributed by atoms with Crippen molar-refractivity contribution in [3.05, 3.63) is 59.9 Å². The monoisotopic (exact) mass is 407 g/mol. The van der Waals surface area contributed by atoms with Crippen LogP contribution in [0.4, 0.5) is 4.39 Å². The van der Waals surface area contributed by atoms with E-state index in [4.69, 9.17) is 9.47 Å². The summed E-state index contributed by atoms with van der Waals surface area (Å²) in [5, 5.41) is 0. The van der Waals surface area contributed by atoms with E-state index in [1.165, 1.54) is 22.5 Å². The molecule has 150 valence electrons. The third-order valence-corrected chi connectivity index (χ3v) is 6.69. The van der Waals surface area contributed by atoms with E-state index in [0.29, 0.717) is 18.6 Å². The summed E-state index contributed by atoms with van der Waals surface area (Å²) >= 11 is 0. The highest BCUT2D eigenvalue weighted by atomic mass is 32.2. The summed E-state index contributed by atoms with van der Waals surface area (Å²) in [6, 6.07) is 12.5. The first-order chi connectivity index (χ1) is 13.4. The number of nitrogens with zero attached hydrogens (tertiary/aromatic N) is 1. The van der Waals surface area contributed by atoms with Gasteiger partial charge in [-0.05, 0) is 42.7 Å². The molecule has 2 aromatic carbocycles. The van der Waals surface area contributed by atoms with E-state index < -0.39 is 15.8 Å².